The Morgan fingerprint density at radius 2 is 1.74 bits per heavy atom. The highest BCUT2D eigenvalue weighted by Crippen LogP contribution is 2.20. The van der Waals surface area contributed by atoms with Crippen molar-refractivity contribution in [3.05, 3.63) is 35.9 Å². The molecule has 0 aliphatic carbocycles. The van der Waals surface area contributed by atoms with Crippen LogP contribution in [-0.4, -0.2) is 30.1 Å². The first-order valence-corrected chi connectivity index (χ1v) is 7.56. The van der Waals surface area contributed by atoms with Gasteiger partial charge in [-0.1, -0.05) is 37.3 Å². The summed E-state index contributed by atoms with van der Waals surface area (Å²) in [6, 6.07) is 8.61. The van der Waals surface area contributed by atoms with Crippen LogP contribution >= 0.6 is 0 Å². The Hall–Kier alpha value is -2.37. The Bertz CT molecular complexity index is 549. The second-order valence-electron chi connectivity index (χ2n) is 6.23. The van der Waals surface area contributed by atoms with Gasteiger partial charge in [0.1, 0.15) is 0 Å². The molecule has 0 heterocycles. The number of imide groups is 1. The van der Waals surface area contributed by atoms with Gasteiger partial charge < -0.3 is 10.1 Å². The maximum atomic E-state index is 12.1. The molecule has 0 unspecified atom stereocenters. The lowest BCUT2D eigenvalue weighted by atomic mass is 9.97. The molecular formula is C17H24N2O4. The number of carbonyl (C=O) groups is 3. The topological polar surface area (TPSA) is 84.5 Å². The van der Waals surface area contributed by atoms with Crippen molar-refractivity contribution in [1.82, 2.24) is 10.6 Å². The Kier molecular flexibility index (Phi) is 6.75. The second-order valence-corrected chi connectivity index (χ2v) is 6.23. The van der Waals surface area contributed by atoms with Crippen molar-refractivity contribution in [1.29, 1.82) is 0 Å². The summed E-state index contributed by atoms with van der Waals surface area (Å²) in [6.07, 6.45) is 0.564. The maximum Gasteiger partial charge on any atom is 0.321 e. The van der Waals surface area contributed by atoms with Crippen molar-refractivity contribution < 1.29 is 19.1 Å². The number of hydrogen-bond acceptors (Lipinski definition) is 4. The number of esters is 1. The molecule has 0 fully saturated rings. The fourth-order valence-corrected chi connectivity index (χ4v) is 2.00. The number of amides is 3. The number of carbonyl (C=O) groups excluding carboxylic acids is 3. The lowest BCUT2D eigenvalue weighted by Crippen LogP contribution is -2.49. The molecule has 1 aromatic carbocycles. The summed E-state index contributed by atoms with van der Waals surface area (Å²) in [5.74, 6) is -1.57. The third kappa shape index (κ3) is 6.95. The lowest BCUT2D eigenvalue weighted by molar-refractivity contribution is -0.149. The summed E-state index contributed by atoms with van der Waals surface area (Å²) in [7, 11) is 0. The minimum absolute atomic E-state index is 0.424. The second kappa shape index (κ2) is 8.31. The van der Waals surface area contributed by atoms with E-state index in [0.717, 1.165) is 5.56 Å². The summed E-state index contributed by atoms with van der Waals surface area (Å²) in [5, 5.41) is 4.71. The van der Waals surface area contributed by atoms with Gasteiger partial charge in [0, 0.05) is 5.54 Å². The summed E-state index contributed by atoms with van der Waals surface area (Å²) in [6.45, 7) is 6.77. The number of ether oxygens (including phenoxy) is 1. The standard InChI is InChI=1S/C17H24N2O4/c1-5-13(12-9-7-6-8-10-12)15(21)23-11-14(20)18-16(22)19-17(2,3)4/h6-10,13H,5,11H2,1-4H3,(H2,18,19,20,22)/t13-/m1/s1. The van der Waals surface area contributed by atoms with E-state index in [1.807, 2.05) is 37.3 Å². The average molecular weight is 320 g/mol. The van der Waals surface area contributed by atoms with Crippen molar-refractivity contribution in [2.45, 2.75) is 45.6 Å². The van der Waals surface area contributed by atoms with E-state index in [9.17, 15) is 14.4 Å². The van der Waals surface area contributed by atoms with E-state index in [4.69, 9.17) is 4.74 Å². The number of urea groups is 1. The molecule has 2 N–H and O–H groups in total. The van der Waals surface area contributed by atoms with Crippen molar-refractivity contribution in [2.75, 3.05) is 6.61 Å². The molecule has 0 radical (unpaired) electrons. The van der Waals surface area contributed by atoms with Gasteiger partial charge in [-0.15, -0.1) is 0 Å². The van der Waals surface area contributed by atoms with Crippen LogP contribution in [0.5, 0.6) is 0 Å². The first-order valence-electron chi connectivity index (χ1n) is 7.56. The molecule has 0 aromatic heterocycles. The summed E-state index contributed by atoms with van der Waals surface area (Å²) >= 11 is 0. The van der Waals surface area contributed by atoms with E-state index < -0.39 is 36.0 Å². The van der Waals surface area contributed by atoms with Crippen LogP contribution in [0.25, 0.3) is 0 Å². The Morgan fingerprint density at radius 3 is 2.26 bits per heavy atom. The highest BCUT2D eigenvalue weighted by molar-refractivity contribution is 5.96. The van der Waals surface area contributed by atoms with Crippen LogP contribution in [0.4, 0.5) is 4.79 Å². The first-order chi connectivity index (χ1) is 10.7. The third-order valence-electron chi connectivity index (χ3n) is 2.98. The number of hydrogen-bond donors (Lipinski definition) is 2. The Labute approximate surface area is 136 Å². The van der Waals surface area contributed by atoms with Crippen LogP contribution < -0.4 is 10.6 Å². The van der Waals surface area contributed by atoms with E-state index >= 15 is 0 Å². The molecule has 0 saturated carbocycles. The zero-order valence-electron chi connectivity index (χ0n) is 14.0. The van der Waals surface area contributed by atoms with Gasteiger partial charge in [0.15, 0.2) is 6.61 Å². The van der Waals surface area contributed by atoms with Gasteiger partial charge >= 0.3 is 12.0 Å². The maximum absolute atomic E-state index is 12.1. The molecule has 3 amide bonds. The molecule has 0 bridgehead atoms. The molecule has 0 saturated heterocycles. The zero-order valence-corrected chi connectivity index (χ0v) is 14.0. The van der Waals surface area contributed by atoms with Gasteiger partial charge in [-0.05, 0) is 32.8 Å². The fourth-order valence-electron chi connectivity index (χ4n) is 2.00. The van der Waals surface area contributed by atoms with Gasteiger partial charge in [0.05, 0.1) is 5.92 Å². The van der Waals surface area contributed by atoms with Crippen molar-refractivity contribution >= 4 is 17.9 Å². The molecular weight excluding hydrogens is 296 g/mol. The minimum Gasteiger partial charge on any atom is -0.455 e. The molecule has 0 spiro atoms. The predicted octanol–water partition coefficient (Wildman–Crippen LogP) is 2.35. The normalized spacial score (nSPS) is 12.2. The Balaban J connectivity index is 2.48. The number of rotatable bonds is 5. The molecule has 1 rings (SSSR count). The van der Waals surface area contributed by atoms with E-state index in [1.54, 1.807) is 20.8 Å². The fraction of sp³-hybridized carbons (Fsp3) is 0.471. The third-order valence-corrected chi connectivity index (χ3v) is 2.98. The predicted molar refractivity (Wildman–Crippen MR) is 86.9 cm³/mol. The number of nitrogens with one attached hydrogen (secondary N) is 2. The molecule has 6 nitrogen and oxygen atoms in total. The average Bonchev–Trinajstić information content (AvgIpc) is 2.45. The first kappa shape index (κ1) is 18.7. The van der Waals surface area contributed by atoms with Crippen LogP contribution in [0.15, 0.2) is 30.3 Å². The highest BCUT2D eigenvalue weighted by atomic mass is 16.5. The Morgan fingerprint density at radius 1 is 1.13 bits per heavy atom. The van der Waals surface area contributed by atoms with Crippen LogP contribution in [-0.2, 0) is 14.3 Å². The summed E-state index contributed by atoms with van der Waals surface area (Å²) in [5.41, 5.74) is 0.382. The van der Waals surface area contributed by atoms with Gasteiger partial charge in [-0.3, -0.25) is 14.9 Å². The van der Waals surface area contributed by atoms with Crippen molar-refractivity contribution in [3.8, 4) is 0 Å². The monoisotopic (exact) mass is 320 g/mol. The van der Waals surface area contributed by atoms with Gasteiger partial charge in [-0.2, -0.15) is 0 Å². The molecule has 1 atom stereocenters. The van der Waals surface area contributed by atoms with Gasteiger partial charge in [0.25, 0.3) is 5.91 Å². The van der Waals surface area contributed by atoms with E-state index in [0.29, 0.717) is 6.42 Å². The smallest absolute Gasteiger partial charge is 0.321 e. The van der Waals surface area contributed by atoms with E-state index in [2.05, 4.69) is 10.6 Å². The molecule has 0 aliphatic heterocycles. The van der Waals surface area contributed by atoms with Gasteiger partial charge in [0.2, 0.25) is 0 Å². The molecule has 23 heavy (non-hydrogen) atoms. The van der Waals surface area contributed by atoms with E-state index in [-0.39, 0.29) is 0 Å². The van der Waals surface area contributed by atoms with Crippen molar-refractivity contribution in [2.24, 2.45) is 0 Å². The molecule has 1 aromatic rings. The van der Waals surface area contributed by atoms with Crippen LogP contribution in [0.3, 0.4) is 0 Å². The number of benzene rings is 1. The summed E-state index contributed by atoms with van der Waals surface area (Å²) in [4.78, 5) is 35.3. The minimum atomic E-state index is -0.664. The van der Waals surface area contributed by atoms with E-state index in [1.165, 1.54) is 0 Å². The van der Waals surface area contributed by atoms with Crippen LogP contribution in [0, 0.1) is 0 Å². The summed E-state index contributed by atoms with van der Waals surface area (Å²) < 4.78 is 5.01. The highest BCUT2D eigenvalue weighted by Gasteiger charge is 2.22. The quantitative estimate of drug-likeness (QED) is 0.816. The molecule has 0 aliphatic rings. The molecule has 6 heteroatoms. The van der Waals surface area contributed by atoms with Crippen molar-refractivity contribution in [3.63, 3.8) is 0 Å². The van der Waals surface area contributed by atoms with Crippen LogP contribution in [0.2, 0.25) is 0 Å². The lowest BCUT2D eigenvalue weighted by Gasteiger charge is -2.20. The molecule has 126 valence electrons. The SMILES string of the molecule is CC[C@@H](C(=O)OCC(=O)NC(=O)NC(C)(C)C)c1ccccc1. The zero-order chi connectivity index (χ0) is 17.5. The van der Waals surface area contributed by atoms with Gasteiger partial charge in [-0.25, -0.2) is 4.79 Å². The van der Waals surface area contributed by atoms with Crippen LogP contribution in [0.1, 0.15) is 45.6 Å². The largest absolute Gasteiger partial charge is 0.455 e.